The fraction of sp³-hybridized carbons (Fsp3) is 0.174. The predicted octanol–water partition coefficient (Wildman–Crippen LogP) is 3.77. The van der Waals surface area contributed by atoms with Gasteiger partial charge in [-0.2, -0.15) is 0 Å². The second kappa shape index (κ2) is 9.49. The lowest BCUT2D eigenvalue weighted by atomic mass is 10.1. The summed E-state index contributed by atoms with van der Waals surface area (Å²) in [6.07, 6.45) is 1.67. The molecule has 0 radical (unpaired) electrons. The Hall–Kier alpha value is -3.58. The average molecular weight is 442 g/mol. The first-order valence-electron chi connectivity index (χ1n) is 9.26. The summed E-state index contributed by atoms with van der Waals surface area (Å²) >= 11 is 5.99. The fourth-order valence-electron chi connectivity index (χ4n) is 3.10. The number of carbonyl (C=O) groups is 3. The minimum absolute atomic E-state index is 0.0262. The van der Waals surface area contributed by atoms with E-state index < -0.39 is 17.7 Å². The number of rotatable bonds is 6. The molecule has 31 heavy (non-hydrogen) atoms. The van der Waals surface area contributed by atoms with Gasteiger partial charge in [-0.05, 0) is 55.0 Å². The van der Waals surface area contributed by atoms with Crippen molar-refractivity contribution in [3.8, 4) is 5.75 Å². The first-order valence-corrected chi connectivity index (χ1v) is 9.64. The summed E-state index contributed by atoms with van der Waals surface area (Å²) in [4.78, 5) is 38.2. The maximum atomic E-state index is 13.1. The number of Topliss-reactive ketones (excluding diaryl/α,β-unsaturated/α-hetero) is 1. The van der Waals surface area contributed by atoms with Gasteiger partial charge in [0, 0.05) is 16.4 Å². The molecular formula is C23H20ClNO6. The van der Waals surface area contributed by atoms with Gasteiger partial charge in [0.1, 0.15) is 11.3 Å². The van der Waals surface area contributed by atoms with Crippen LogP contribution in [0.1, 0.15) is 12.5 Å². The molecule has 0 bridgehead atoms. The van der Waals surface area contributed by atoms with Crippen molar-refractivity contribution in [1.82, 2.24) is 0 Å². The van der Waals surface area contributed by atoms with Crippen molar-refractivity contribution < 1.29 is 28.6 Å². The van der Waals surface area contributed by atoms with Crippen LogP contribution in [0.4, 0.5) is 5.69 Å². The van der Waals surface area contributed by atoms with Gasteiger partial charge in [-0.1, -0.05) is 23.7 Å². The molecule has 0 N–H and O–H groups in total. The number of hydrogen-bond acceptors (Lipinski definition) is 7. The standard InChI is InChI=1S/C23H20ClNO6/c1-14-21(23(28)30-3)22(27)19(25(14)17-8-6-16(24)7-9-17)12-15-4-10-18(11-5-15)31-13-20(26)29-2/h4-12H,13H2,1-3H3/b19-12+. The van der Waals surface area contributed by atoms with Gasteiger partial charge in [-0.3, -0.25) is 4.79 Å². The zero-order valence-corrected chi connectivity index (χ0v) is 17.9. The molecule has 0 unspecified atom stereocenters. The first-order chi connectivity index (χ1) is 14.8. The van der Waals surface area contributed by atoms with E-state index >= 15 is 0 Å². The third kappa shape index (κ3) is 4.78. The third-order valence-electron chi connectivity index (χ3n) is 4.64. The molecule has 1 aliphatic rings. The maximum absolute atomic E-state index is 13.1. The summed E-state index contributed by atoms with van der Waals surface area (Å²) < 4.78 is 14.7. The minimum atomic E-state index is -0.698. The number of nitrogens with zero attached hydrogens (tertiary/aromatic N) is 1. The van der Waals surface area contributed by atoms with E-state index in [-0.39, 0.29) is 12.2 Å². The highest BCUT2D eigenvalue weighted by atomic mass is 35.5. The Bertz CT molecular complexity index is 1070. The number of anilines is 1. The van der Waals surface area contributed by atoms with E-state index in [0.29, 0.717) is 33.4 Å². The molecular weight excluding hydrogens is 422 g/mol. The van der Waals surface area contributed by atoms with Gasteiger partial charge in [-0.25, -0.2) is 9.59 Å². The van der Waals surface area contributed by atoms with E-state index in [9.17, 15) is 14.4 Å². The molecule has 0 aliphatic carbocycles. The highest BCUT2D eigenvalue weighted by molar-refractivity contribution is 6.31. The normalized spacial score (nSPS) is 14.8. The van der Waals surface area contributed by atoms with Crippen LogP contribution >= 0.6 is 11.6 Å². The van der Waals surface area contributed by atoms with Gasteiger partial charge >= 0.3 is 11.9 Å². The summed E-state index contributed by atoms with van der Waals surface area (Å²) in [7, 11) is 2.52. The lowest BCUT2D eigenvalue weighted by molar-refractivity contribution is -0.143. The molecule has 160 valence electrons. The van der Waals surface area contributed by atoms with E-state index in [1.165, 1.54) is 14.2 Å². The van der Waals surface area contributed by atoms with E-state index in [1.807, 2.05) is 0 Å². The molecule has 1 aliphatic heterocycles. The topological polar surface area (TPSA) is 82.1 Å². The number of hydrogen-bond donors (Lipinski definition) is 0. The molecule has 0 saturated heterocycles. The Morgan fingerprint density at radius 3 is 2.23 bits per heavy atom. The molecule has 2 aromatic rings. The van der Waals surface area contributed by atoms with Crippen LogP contribution in [0.3, 0.4) is 0 Å². The van der Waals surface area contributed by atoms with Gasteiger partial charge in [0.2, 0.25) is 5.78 Å². The van der Waals surface area contributed by atoms with Crippen molar-refractivity contribution >= 4 is 41.1 Å². The van der Waals surface area contributed by atoms with Crippen LogP contribution in [-0.4, -0.2) is 38.5 Å². The minimum Gasteiger partial charge on any atom is -0.482 e. The second-order valence-corrected chi connectivity index (χ2v) is 6.99. The maximum Gasteiger partial charge on any atom is 0.343 e. The Morgan fingerprint density at radius 2 is 1.65 bits per heavy atom. The van der Waals surface area contributed by atoms with E-state index in [0.717, 1.165) is 0 Å². The average Bonchev–Trinajstić information content (AvgIpc) is 3.02. The summed E-state index contributed by atoms with van der Waals surface area (Å²) in [5.74, 6) is -1.15. The zero-order chi connectivity index (χ0) is 22.5. The number of methoxy groups -OCH3 is 2. The van der Waals surface area contributed by atoms with Crippen molar-refractivity contribution in [3.63, 3.8) is 0 Å². The molecule has 2 aromatic carbocycles. The molecule has 7 nitrogen and oxygen atoms in total. The summed E-state index contributed by atoms with van der Waals surface area (Å²) in [5, 5.41) is 0.553. The quantitative estimate of drug-likeness (QED) is 0.383. The van der Waals surface area contributed by atoms with Crippen LogP contribution in [0, 0.1) is 0 Å². The van der Waals surface area contributed by atoms with E-state index in [2.05, 4.69) is 4.74 Å². The van der Waals surface area contributed by atoms with E-state index in [4.69, 9.17) is 21.1 Å². The third-order valence-corrected chi connectivity index (χ3v) is 4.89. The number of carbonyl (C=O) groups excluding carboxylic acids is 3. The predicted molar refractivity (Wildman–Crippen MR) is 116 cm³/mol. The number of benzene rings is 2. The van der Waals surface area contributed by atoms with Crippen LogP contribution in [0.5, 0.6) is 5.75 Å². The van der Waals surface area contributed by atoms with Crippen molar-refractivity contribution in [2.75, 3.05) is 25.7 Å². The number of allylic oxidation sites excluding steroid dienone is 2. The number of ketones is 1. The Balaban J connectivity index is 1.96. The van der Waals surface area contributed by atoms with E-state index in [1.54, 1.807) is 66.4 Å². The Kier molecular flexibility index (Phi) is 6.77. The molecule has 0 spiro atoms. The van der Waals surface area contributed by atoms with Gasteiger partial charge in [-0.15, -0.1) is 0 Å². The first kappa shape index (κ1) is 22.1. The number of halogens is 1. The SMILES string of the molecule is COC(=O)COc1ccc(/C=C2\C(=O)C(C(=O)OC)=C(C)N2c2ccc(Cl)cc2)cc1. The van der Waals surface area contributed by atoms with Crippen LogP contribution in [-0.2, 0) is 23.9 Å². The van der Waals surface area contributed by atoms with Gasteiger partial charge in [0.15, 0.2) is 6.61 Å². The largest absolute Gasteiger partial charge is 0.482 e. The molecule has 3 rings (SSSR count). The Morgan fingerprint density at radius 1 is 1.00 bits per heavy atom. The van der Waals surface area contributed by atoms with Crippen molar-refractivity contribution in [1.29, 1.82) is 0 Å². The van der Waals surface area contributed by atoms with Crippen LogP contribution in [0.2, 0.25) is 5.02 Å². The van der Waals surface area contributed by atoms with Gasteiger partial charge < -0.3 is 19.1 Å². The highest BCUT2D eigenvalue weighted by Gasteiger charge is 2.38. The highest BCUT2D eigenvalue weighted by Crippen LogP contribution is 2.36. The molecule has 0 fully saturated rings. The molecule has 0 amide bonds. The molecule has 8 heteroatoms. The van der Waals surface area contributed by atoms with Gasteiger partial charge in [0.05, 0.1) is 19.9 Å². The van der Waals surface area contributed by atoms with Crippen molar-refractivity contribution in [2.24, 2.45) is 0 Å². The lowest BCUT2D eigenvalue weighted by Gasteiger charge is -2.21. The summed E-state index contributed by atoms with van der Waals surface area (Å²) in [6, 6.07) is 13.7. The van der Waals surface area contributed by atoms with Crippen LogP contribution in [0.15, 0.2) is 65.5 Å². The van der Waals surface area contributed by atoms with Gasteiger partial charge in [0.25, 0.3) is 0 Å². The van der Waals surface area contributed by atoms with Crippen LogP contribution in [0.25, 0.3) is 6.08 Å². The molecule has 1 heterocycles. The number of esters is 2. The lowest BCUT2D eigenvalue weighted by Crippen LogP contribution is -2.18. The molecule has 0 aromatic heterocycles. The zero-order valence-electron chi connectivity index (χ0n) is 17.2. The van der Waals surface area contributed by atoms with Crippen molar-refractivity contribution in [2.45, 2.75) is 6.92 Å². The van der Waals surface area contributed by atoms with Crippen molar-refractivity contribution in [3.05, 3.63) is 76.1 Å². The second-order valence-electron chi connectivity index (χ2n) is 6.56. The monoisotopic (exact) mass is 441 g/mol. The summed E-state index contributed by atoms with van der Waals surface area (Å²) in [6.45, 7) is 1.48. The smallest absolute Gasteiger partial charge is 0.343 e. The van der Waals surface area contributed by atoms with Crippen LogP contribution < -0.4 is 9.64 Å². The fourth-order valence-corrected chi connectivity index (χ4v) is 3.23. The summed E-state index contributed by atoms with van der Waals surface area (Å²) in [5.41, 5.74) is 2.11. The Labute approximate surface area is 184 Å². The number of ether oxygens (including phenoxy) is 3. The molecule has 0 saturated carbocycles. The molecule has 0 atom stereocenters.